The topological polar surface area (TPSA) is 76.0 Å². The van der Waals surface area contributed by atoms with Gasteiger partial charge in [0.25, 0.3) is 5.91 Å². The molecule has 3 rings (SSSR count). The summed E-state index contributed by atoms with van der Waals surface area (Å²) < 4.78 is 2.71. The lowest BCUT2D eigenvalue weighted by Crippen LogP contribution is -2.33. The van der Waals surface area contributed by atoms with Crippen LogP contribution in [0.15, 0.2) is 59.2 Å². The minimum Gasteiger partial charge on any atom is -0.343 e. The molecule has 0 unspecified atom stereocenters. The molecule has 144 valence electrons. The van der Waals surface area contributed by atoms with Crippen molar-refractivity contribution in [2.75, 3.05) is 11.9 Å². The lowest BCUT2D eigenvalue weighted by molar-refractivity contribution is -0.115. The maximum absolute atomic E-state index is 12.3. The molecule has 7 heteroatoms. The van der Waals surface area contributed by atoms with E-state index in [-0.39, 0.29) is 18.4 Å². The highest BCUT2D eigenvalue weighted by Crippen LogP contribution is 2.14. The van der Waals surface area contributed by atoms with Crippen molar-refractivity contribution >= 4 is 33.6 Å². The molecule has 28 heavy (non-hydrogen) atoms. The first-order chi connectivity index (χ1) is 13.4. The van der Waals surface area contributed by atoms with Gasteiger partial charge in [0.15, 0.2) is 0 Å². The smallest absolute Gasteiger partial charge is 0.251 e. The van der Waals surface area contributed by atoms with Crippen LogP contribution in [0.2, 0.25) is 0 Å². The zero-order valence-corrected chi connectivity index (χ0v) is 17.3. The molecule has 0 aliphatic heterocycles. The van der Waals surface area contributed by atoms with E-state index >= 15 is 0 Å². The molecule has 1 aromatic heterocycles. The van der Waals surface area contributed by atoms with Crippen LogP contribution in [0.4, 0.5) is 5.82 Å². The van der Waals surface area contributed by atoms with Gasteiger partial charge in [0.1, 0.15) is 5.82 Å². The number of hydrogen-bond donors (Lipinski definition) is 2. The summed E-state index contributed by atoms with van der Waals surface area (Å²) in [5.41, 5.74) is 3.62. The number of nitrogens with one attached hydrogen (secondary N) is 2. The number of amides is 2. The van der Waals surface area contributed by atoms with Crippen molar-refractivity contribution in [3.05, 3.63) is 81.5 Å². The average Bonchev–Trinajstić information content (AvgIpc) is 3.07. The lowest BCUT2D eigenvalue weighted by atomic mass is 10.1. The van der Waals surface area contributed by atoms with Gasteiger partial charge in [-0.15, -0.1) is 0 Å². The van der Waals surface area contributed by atoms with Crippen LogP contribution in [-0.2, 0) is 11.3 Å². The maximum atomic E-state index is 12.3. The molecular formula is C21H21BrN4O2. The number of aromatic nitrogens is 2. The number of halogens is 1. The number of carbonyl (C=O) groups is 2. The van der Waals surface area contributed by atoms with Crippen molar-refractivity contribution in [1.29, 1.82) is 0 Å². The first-order valence-electron chi connectivity index (χ1n) is 8.83. The molecular weight excluding hydrogens is 420 g/mol. The van der Waals surface area contributed by atoms with Crippen molar-refractivity contribution in [1.82, 2.24) is 15.1 Å². The van der Waals surface area contributed by atoms with E-state index < -0.39 is 0 Å². The van der Waals surface area contributed by atoms with Gasteiger partial charge in [-0.3, -0.25) is 9.59 Å². The summed E-state index contributed by atoms with van der Waals surface area (Å²) in [5, 5.41) is 9.70. The Hall–Kier alpha value is -2.93. The SMILES string of the molecule is Cc1cc(C)cc(C(=O)NCC(=O)Nc2ccnn2Cc2ccc(Br)cc2)c1. The third-order valence-electron chi connectivity index (χ3n) is 4.12. The summed E-state index contributed by atoms with van der Waals surface area (Å²) >= 11 is 3.41. The van der Waals surface area contributed by atoms with E-state index in [4.69, 9.17) is 0 Å². The van der Waals surface area contributed by atoms with Crippen LogP contribution < -0.4 is 10.6 Å². The second-order valence-electron chi connectivity index (χ2n) is 6.61. The molecule has 0 radical (unpaired) electrons. The molecule has 0 atom stereocenters. The summed E-state index contributed by atoms with van der Waals surface area (Å²) in [6, 6.07) is 15.2. The molecule has 0 bridgehead atoms. The van der Waals surface area contributed by atoms with Gasteiger partial charge < -0.3 is 10.6 Å². The van der Waals surface area contributed by atoms with E-state index in [1.165, 1.54) is 0 Å². The molecule has 1 heterocycles. The van der Waals surface area contributed by atoms with E-state index in [0.29, 0.717) is 17.9 Å². The van der Waals surface area contributed by atoms with Gasteiger partial charge in [0.05, 0.1) is 19.3 Å². The summed E-state index contributed by atoms with van der Waals surface area (Å²) in [6.07, 6.45) is 1.63. The van der Waals surface area contributed by atoms with Gasteiger partial charge in [-0.25, -0.2) is 4.68 Å². The highest BCUT2D eigenvalue weighted by molar-refractivity contribution is 9.10. The van der Waals surface area contributed by atoms with Crippen LogP contribution in [0.1, 0.15) is 27.0 Å². The molecule has 2 N–H and O–H groups in total. The summed E-state index contributed by atoms with van der Waals surface area (Å²) in [6.45, 7) is 4.28. The number of rotatable bonds is 6. The van der Waals surface area contributed by atoms with Crippen LogP contribution in [0.25, 0.3) is 0 Å². The Morgan fingerprint density at radius 1 is 1.04 bits per heavy atom. The summed E-state index contributed by atoms with van der Waals surface area (Å²) in [5.74, 6) is -0.00540. The normalized spacial score (nSPS) is 10.5. The highest BCUT2D eigenvalue weighted by Gasteiger charge is 2.11. The Morgan fingerprint density at radius 3 is 2.39 bits per heavy atom. The van der Waals surface area contributed by atoms with Crippen LogP contribution in [-0.4, -0.2) is 28.1 Å². The predicted molar refractivity (Wildman–Crippen MR) is 112 cm³/mol. The quantitative estimate of drug-likeness (QED) is 0.613. The standard InChI is InChI=1S/C21H21BrN4O2/c1-14-9-15(2)11-17(10-14)21(28)23-12-20(27)25-19-7-8-24-26(19)13-16-3-5-18(22)6-4-16/h3-11H,12-13H2,1-2H3,(H,23,28)(H,25,27). The van der Waals surface area contributed by atoms with E-state index in [1.807, 2.05) is 44.2 Å². The fourth-order valence-corrected chi connectivity index (χ4v) is 3.15. The zero-order chi connectivity index (χ0) is 20.1. The Kier molecular flexibility index (Phi) is 6.26. The Balaban J connectivity index is 1.57. The van der Waals surface area contributed by atoms with Crippen molar-refractivity contribution in [3.8, 4) is 0 Å². The minimum atomic E-state index is -0.310. The number of carbonyl (C=O) groups excluding carboxylic acids is 2. The maximum Gasteiger partial charge on any atom is 0.251 e. The van der Waals surface area contributed by atoms with Gasteiger partial charge in [-0.2, -0.15) is 5.10 Å². The lowest BCUT2D eigenvalue weighted by Gasteiger charge is -2.10. The molecule has 0 fully saturated rings. The Labute approximate surface area is 172 Å². The number of aryl methyl sites for hydroxylation is 2. The predicted octanol–water partition coefficient (Wildman–Crippen LogP) is 3.68. The van der Waals surface area contributed by atoms with Crippen molar-refractivity contribution < 1.29 is 9.59 Å². The number of benzene rings is 2. The largest absolute Gasteiger partial charge is 0.343 e. The van der Waals surface area contributed by atoms with Gasteiger partial charge in [0.2, 0.25) is 5.91 Å². The van der Waals surface area contributed by atoms with Gasteiger partial charge in [-0.1, -0.05) is 45.3 Å². The molecule has 0 saturated heterocycles. The van der Waals surface area contributed by atoms with Crippen LogP contribution in [0, 0.1) is 13.8 Å². The zero-order valence-electron chi connectivity index (χ0n) is 15.7. The monoisotopic (exact) mass is 440 g/mol. The van der Waals surface area contributed by atoms with Crippen LogP contribution in [0.3, 0.4) is 0 Å². The second-order valence-corrected chi connectivity index (χ2v) is 7.52. The second kappa shape index (κ2) is 8.84. The van der Waals surface area contributed by atoms with E-state index in [2.05, 4.69) is 31.7 Å². The van der Waals surface area contributed by atoms with Crippen molar-refractivity contribution in [3.63, 3.8) is 0 Å². The third-order valence-corrected chi connectivity index (χ3v) is 4.65. The van der Waals surface area contributed by atoms with Crippen LogP contribution in [0.5, 0.6) is 0 Å². The molecule has 2 amide bonds. The minimum absolute atomic E-state index is 0.116. The highest BCUT2D eigenvalue weighted by atomic mass is 79.9. The van der Waals surface area contributed by atoms with Crippen molar-refractivity contribution in [2.24, 2.45) is 0 Å². The first kappa shape index (κ1) is 19.8. The molecule has 0 spiro atoms. The van der Waals surface area contributed by atoms with E-state index in [0.717, 1.165) is 21.2 Å². The average molecular weight is 441 g/mol. The first-order valence-corrected chi connectivity index (χ1v) is 9.62. The van der Waals surface area contributed by atoms with Gasteiger partial charge in [0, 0.05) is 16.1 Å². The summed E-state index contributed by atoms with van der Waals surface area (Å²) in [7, 11) is 0. The molecule has 6 nitrogen and oxygen atoms in total. The Morgan fingerprint density at radius 2 is 1.71 bits per heavy atom. The number of anilines is 1. The molecule has 0 aliphatic rings. The molecule has 2 aromatic carbocycles. The summed E-state index contributed by atoms with van der Waals surface area (Å²) in [4.78, 5) is 24.5. The fourth-order valence-electron chi connectivity index (χ4n) is 2.88. The van der Waals surface area contributed by atoms with E-state index in [9.17, 15) is 9.59 Å². The third kappa shape index (κ3) is 5.29. The molecule has 0 aliphatic carbocycles. The van der Waals surface area contributed by atoms with Gasteiger partial charge >= 0.3 is 0 Å². The number of nitrogens with zero attached hydrogens (tertiary/aromatic N) is 2. The van der Waals surface area contributed by atoms with Crippen LogP contribution >= 0.6 is 15.9 Å². The van der Waals surface area contributed by atoms with Crippen molar-refractivity contribution in [2.45, 2.75) is 20.4 Å². The van der Waals surface area contributed by atoms with Gasteiger partial charge in [-0.05, 0) is 43.7 Å². The Bertz CT molecular complexity index is 976. The molecule has 3 aromatic rings. The number of hydrogen-bond acceptors (Lipinski definition) is 3. The van der Waals surface area contributed by atoms with E-state index in [1.54, 1.807) is 29.1 Å². The molecule has 0 saturated carbocycles. The fraction of sp³-hybridized carbons (Fsp3) is 0.190.